The first-order chi connectivity index (χ1) is 10.9. The van der Waals surface area contributed by atoms with Gasteiger partial charge in [0.2, 0.25) is 0 Å². The number of nitrogens with one attached hydrogen (secondary N) is 1. The first kappa shape index (κ1) is 16.3. The number of benzene rings is 2. The van der Waals surface area contributed by atoms with Gasteiger partial charge >= 0.3 is 0 Å². The molecule has 1 heterocycles. The highest BCUT2D eigenvalue weighted by Gasteiger charge is 2.16. The summed E-state index contributed by atoms with van der Waals surface area (Å²) >= 11 is 12.8. The van der Waals surface area contributed by atoms with Crippen LogP contribution >= 0.6 is 34.5 Å². The zero-order chi connectivity index (χ0) is 16.4. The van der Waals surface area contributed by atoms with E-state index in [0.29, 0.717) is 20.9 Å². The third-order valence-corrected chi connectivity index (χ3v) is 5.74. The highest BCUT2D eigenvalue weighted by atomic mass is 35.5. The van der Waals surface area contributed by atoms with E-state index >= 15 is 0 Å². The minimum Gasteiger partial charge on any atom is -0.255 e. The molecule has 0 saturated carbocycles. The summed E-state index contributed by atoms with van der Waals surface area (Å²) in [7, 11) is -3.69. The first-order valence-electron chi connectivity index (χ1n) is 6.44. The molecule has 0 aliphatic heterocycles. The summed E-state index contributed by atoms with van der Waals surface area (Å²) in [6.45, 7) is 0. The lowest BCUT2D eigenvalue weighted by Crippen LogP contribution is -2.12. The number of halogens is 2. The van der Waals surface area contributed by atoms with Gasteiger partial charge in [0.25, 0.3) is 10.0 Å². The van der Waals surface area contributed by atoms with Crippen LogP contribution < -0.4 is 4.72 Å². The zero-order valence-corrected chi connectivity index (χ0v) is 14.7. The molecular formula is C15H10Cl2N2O2S2. The monoisotopic (exact) mass is 384 g/mol. The highest BCUT2D eigenvalue weighted by Crippen LogP contribution is 2.27. The van der Waals surface area contributed by atoms with Crippen molar-refractivity contribution in [1.82, 2.24) is 4.98 Å². The number of aromatic nitrogens is 1. The first-order valence-corrected chi connectivity index (χ1v) is 9.56. The Morgan fingerprint density at radius 3 is 2.09 bits per heavy atom. The van der Waals surface area contributed by atoms with Crippen LogP contribution in [0.15, 0.2) is 58.8 Å². The number of rotatable bonds is 4. The summed E-state index contributed by atoms with van der Waals surface area (Å²) in [5, 5.41) is 3.18. The summed E-state index contributed by atoms with van der Waals surface area (Å²) < 4.78 is 27.1. The molecule has 0 aliphatic carbocycles. The van der Waals surface area contributed by atoms with Crippen molar-refractivity contribution in [3.63, 3.8) is 0 Å². The van der Waals surface area contributed by atoms with E-state index in [1.165, 1.54) is 35.6 Å². The van der Waals surface area contributed by atoms with E-state index < -0.39 is 10.0 Å². The Bertz CT molecular complexity index is 921. The van der Waals surface area contributed by atoms with Crippen LogP contribution in [0.5, 0.6) is 0 Å². The Kier molecular flexibility index (Phi) is 4.59. The van der Waals surface area contributed by atoms with Crippen molar-refractivity contribution < 1.29 is 8.42 Å². The fourth-order valence-corrected chi connectivity index (χ4v) is 4.09. The topological polar surface area (TPSA) is 59.1 Å². The molecule has 4 nitrogen and oxygen atoms in total. The van der Waals surface area contributed by atoms with Crippen molar-refractivity contribution >= 4 is 49.7 Å². The van der Waals surface area contributed by atoms with Crippen molar-refractivity contribution in [3.05, 3.63) is 64.0 Å². The van der Waals surface area contributed by atoms with E-state index in [0.717, 1.165) is 5.56 Å². The molecule has 23 heavy (non-hydrogen) atoms. The summed E-state index contributed by atoms with van der Waals surface area (Å²) in [6, 6.07) is 13.1. The van der Waals surface area contributed by atoms with Gasteiger partial charge in [0.15, 0.2) is 5.13 Å². The second kappa shape index (κ2) is 6.49. The van der Waals surface area contributed by atoms with E-state index in [-0.39, 0.29) is 4.90 Å². The minimum atomic E-state index is -3.69. The van der Waals surface area contributed by atoms with Crippen LogP contribution in [0.2, 0.25) is 10.0 Å². The molecule has 0 fully saturated rings. The van der Waals surface area contributed by atoms with E-state index in [1.54, 1.807) is 17.5 Å². The van der Waals surface area contributed by atoms with Gasteiger partial charge in [-0.15, -0.1) is 11.3 Å². The van der Waals surface area contributed by atoms with Crippen molar-refractivity contribution in [2.75, 3.05) is 4.72 Å². The molecule has 0 amide bonds. The average molecular weight is 385 g/mol. The Balaban J connectivity index is 1.83. The van der Waals surface area contributed by atoms with Gasteiger partial charge in [0.05, 0.1) is 10.6 Å². The highest BCUT2D eigenvalue weighted by molar-refractivity contribution is 7.93. The SMILES string of the molecule is O=S(=O)(Nc1nc(-c2ccc(Cl)cc2)cs1)c1ccc(Cl)cc1. The molecule has 118 valence electrons. The molecule has 0 saturated heterocycles. The summed E-state index contributed by atoms with van der Waals surface area (Å²) in [4.78, 5) is 4.43. The Hall–Kier alpha value is -1.60. The van der Waals surface area contributed by atoms with Gasteiger partial charge in [-0.25, -0.2) is 13.4 Å². The van der Waals surface area contributed by atoms with Gasteiger partial charge in [-0.05, 0) is 36.4 Å². The third-order valence-electron chi connectivity index (χ3n) is 2.99. The maximum atomic E-state index is 12.3. The van der Waals surface area contributed by atoms with Crippen LogP contribution in [-0.4, -0.2) is 13.4 Å². The second-order valence-corrected chi connectivity index (χ2v) is 8.02. The lowest BCUT2D eigenvalue weighted by atomic mass is 10.2. The van der Waals surface area contributed by atoms with Gasteiger partial charge in [-0.1, -0.05) is 35.3 Å². The number of hydrogen-bond acceptors (Lipinski definition) is 4. The van der Waals surface area contributed by atoms with E-state index in [1.807, 2.05) is 12.1 Å². The number of anilines is 1. The number of thiazole rings is 1. The van der Waals surface area contributed by atoms with Crippen molar-refractivity contribution in [2.24, 2.45) is 0 Å². The molecule has 8 heteroatoms. The van der Waals surface area contributed by atoms with Gasteiger partial charge < -0.3 is 0 Å². The molecule has 1 N–H and O–H groups in total. The number of sulfonamides is 1. The minimum absolute atomic E-state index is 0.130. The molecular weight excluding hydrogens is 375 g/mol. The predicted molar refractivity (Wildman–Crippen MR) is 94.8 cm³/mol. The Labute approximate surface area is 147 Å². The van der Waals surface area contributed by atoms with Crippen LogP contribution in [-0.2, 0) is 10.0 Å². The number of hydrogen-bond donors (Lipinski definition) is 1. The lowest BCUT2D eigenvalue weighted by Gasteiger charge is -2.05. The van der Waals surface area contributed by atoms with Crippen LogP contribution in [0.25, 0.3) is 11.3 Å². The largest absolute Gasteiger partial charge is 0.263 e. The quantitative estimate of drug-likeness (QED) is 0.694. The molecule has 0 spiro atoms. The van der Waals surface area contributed by atoms with Crippen LogP contribution in [0.4, 0.5) is 5.13 Å². The van der Waals surface area contributed by atoms with E-state index in [9.17, 15) is 8.42 Å². The maximum Gasteiger partial charge on any atom is 0.263 e. The van der Waals surface area contributed by atoms with Gasteiger partial charge in [-0.3, -0.25) is 4.72 Å². The van der Waals surface area contributed by atoms with E-state index in [2.05, 4.69) is 9.71 Å². The molecule has 0 radical (unpaired) electrons. The molecule has 2 aromatic carbocycles. The smallest absolute Gasteiger partial charge is 0.255 e. The van der Waals surface area contributed by atoms with Crippen molar-refractivity contribution in [3.8, 4) is 11.3 Å². The van der Waals surface area contributed by atoms with Crippen molar-refractivity contribution in [1.29, 1.82) is 0 Å². The molecule has 0 atom stereocenters. The average Bonchev–Trinajstić information content (AvgIpc) is 2.96. The Morgan fingerprint density at radius 2 is 1.48 bits per heavy atom. The summed E-state index contributed by atoms with van der Waals surface area (Å²) in [5.41, 5.74) is 1.54. The molecule has 3 rings (SSSR count). The third kappa shape index (κ3) is 3.84. The van der Waals surface area contributed by atoms with Gasteiger partial charge in [0.1, 0.15) is 0 Å². The fourth-order valence-electron chi connectivity index (χ4n) is 1.86. The van der Waals surface area contributed by atoms with Crippen molar-refractivity contribution in [2.45, 2.75) is 4.90 Å². The summed E-state index contributed by atoms with van der Waals surface area (Å²) in [5.74, 6) is 0. The molecule has 1 aromatic heterocycles. The standard InChI is InChI=1S/C15H10Cl2N2O2S2/c16-11-3-1-10(2-4-11)14-9-22-15(18-14)19-23(20,21)13-7-5-12(17)6-8-13/h1-9H,(H,18,19). The molecule has 3 aromatic rings. The summed E-state index contributed by atoms with van der Waals surface area (Å²) in [6.07, 6.45) is 0. The lowest BCUT2D eigenvalue weighted by molar-refractivity contribution is 0.601. The van der Waals surface area contributed by atoms with Crippen LogP contribution in [0, 0.1) is 0 Å². The van der Waals surface area contributed by atoms with Gasteiger partial charge in [0, 0.05) is 21.0 Å². The van der Waals surface area contributed by atoms with Gasteiger partial charge in [-0.2, -0.15) is 0 Å². The fraction of sp³-hybridized carbons (Fsp3) is 0. The van der Waals surface area contributed by atoms with E-state index in [4.69, 9.17) is 23.2 Å². The Morgan fingerprint density at radius 1 is 0.913 bits per heavy atom. The normalized spacial score (nSPS) is 11.4. The number of nitrogens with zero attached hydrogens (tertiary/aromatic N) is 1. The molecule has 0 bridgehead atoms. The second-order valence-electron chi connectivity index (χ2n) is 4.60. The van der Waals surface area contributed by atoms with Crippen LogP contribution in [0.3, 0.4) is 0 Å². The maximum absolute atomic E-state index is 12.3. The molecule has 0 aliphatic rings. The zero-order valence-electron chi connectivity index (χ0n) is 11.5. The predicted octanol–water partition coefficient (Wildman–Crippen LogP) is 4.92. The van der Waals surface area contributed by atoms with Crippen LogP contribution in [0.1, 0.15) is 0 Å². The molecule has 0 unspecified atom stereocenters.